The molecule has 4 aromatic carbocycles. The average molecular weight is 961 g/mol. The van der Waals surface area contributed by atoms with E-state index in [9.17, 15) is 16.8 Å². The Kier molecular flexibility index (Phi) is 15.7. The minimum Gasteiger partial charge on any atom is -0.493 e. The summed E-state index contributed by atoms with van der Waals surface area (Å²) in [5.74, 6) is 1.80. The van der Waals surface area contributed by atoms with E-state index in [2.05, 4.69) is 82.9 Å². The topological polar surface area (TPSA) is 144 Å². The highest BCUT2D eigenvalue weighted by molar-refractivity contribution is 7.89. The van der Waals surface area contributed by atoms with Crippen LogP contribution in [-0.2, 0) is 39.3 Å². The summed E-state index contributed by atoms with van der Waals surface area (Å²) in [6.45, 7) is 8.26. The summed E-state index contributed by atoms with van der Waals surface area (Å²) in [7, 11) is -1.18. The fraction of sp³-hybridized carbons (Fsp3) is 0.362. The summed E-state index contributed by atoms with van der Waals surface area (Å²) in [5.41, 5.74) is 7.13. The van der Waals surface area contributed by atoms with Crippen LogP contribution >= 0.6 is 22.7 Å². The SMILES string of the molecule is CCc1ccc(Cc2csc(N3CCN(S(=O)(=O)c4ccc(OC)c(OC)c4)CC3)n2)cc1.COc1ccc(S(=O)(=O)N2CCN(c3nc(Cc4ccc(C)cc4)cs3)CC2)cc1OC. The summed E-state index contributed by atoms with van der Waals surface area (Å²) in [4.78, 5) is 14.3. The van der Waals surface area contributed by atoms with Crippen molar-refractivity contribution in [3.8, 4) is 23.0 Å². The van der Waals surface area contributed by atoms with Crippen molar-refractivity contribution in [3.05, 3.63) is 129 Å². The van der Waals surface area contributed by atoms with E-state index in [0.717, 1.165) is 40.9 Å². The molecule has 2 aliphatic rings. The Morgan fingerprint density at radius 3 is 1.25 bits per heavy atom. The van der Waals surface area contributed by atoms with Crippen molar-refractivity contribution in [2.75, 3.05) is 90.6 Å². The van der Waals surface area contributed by atoms with Crippen molar-refractivity contribution in [2.45, 2.75) is 42.9 Å². The number of ether oxygens (including phenoxy) is 4. The van der Waals surface area contributed by atoms with Crippen LogP contribution in [0.15, 0.2) is 105 Å². The summed E-state index contributed by atoms with van der Waals surface area (Å²) >= 11 is 3.22. The van der Waals surface area contributed by atoms with Crippen LogP contribution in [-0.4, -0.2) is 116 Å². The minimum atomic E-state index is -3.61. The summed E-state index contributed by atoms with van der Waals surface area (Å²) in [6, 6.07) is 26.5. The maximum absolute atomic E-state index is 13.1. The van der Waals surface area contributed by atoms with Gasteiger partial charge in [-0.1, -0.05) is 61.0 Å². The second-order valence-electron chi connectivity index (χ2n) is 15.6. The Morgan fingerprint density at radius 2 is 0.877 bits per heavy atom. The first kappa shape index (κ1) is 47.7. The van der Waals surface area contributed by atoms with Crippen LogP contribution in [0, 0.1) is 6.92 Å². The number of aromatic nitrogens is 2. The second-order valence-corrected chi connectivity index (χ2v) is 21.1. The highest BCUT2D eigenvalue weighted by Crippen LogP contribution is 2.33. The number of aryl methyl sites for hydroxylation is 2. The number of methoxy groups -OCH3 is 4. The first-order chi connectivity index (χ1) is 31.3. The molecule has 2 aliphatic heterocycles. The molecule has 2 saturated heterocycles. The third kappa shape index (κ3) is 11.4. The van der Waals surface area contributed by atoms with E-state index >= 15 is 0 Å². The first-order valence-corrected chi connectivity index (χ1v) is 26.0. The number of benzene rings is 4. The molecule has 6 aromatic rings. The van der Waals surface area contributed by atoms with Crippen molar-refractivity contribution in [2.24, 2.45) is 0 Å². The van der Waals surface area contributed by atoms with E-state index in [0.29, 0.717) is 75.4 Å². The van der Waals surface area contributed by atoms with Crippen molar-refractivity contribution in [3.63, 3.8) is 0 Å². The molecule has 0 unspecified atom stereocenters. The molecule has 65 heavy (non-hydrogen) atoms. The molecule has 0 atom stereocenters. The van der Waals surface area contributed by atoms with Crippen molar-refractivity contribution >= 4 is 53.0 Å². The van der Waals surface area contributed by atoms with Gasteiger partial charge in [-0.2, -0.15) is 8.61 Å². The fourth-order valence-corrected chi connectivity index (χ4v) is 12.2. The molecule has 0 amide bonds. The van der Waals surface area contributed by atoms with Gasteiger partial charge in [0.15, 0.2) is 33.3 Å². The number of hydrogen-bond acceptors (Lipinski definition) is 14. The molecule has 0 radical (unpaired) electrons. The third-order valence-electron chi connectivity index (χ3n) is 11.4. The number of thiazole rings is 2. The molecule has 0 spiro atoms. The Bertz CT molecular complexity index is 2730. The summed E-state index contributed by atoms with van der Waals surface area (Å²) < 4.78 is 76.6. The number of hydrogen-bond donors (Lipinski definition) is 0. The van der Waals surface area contributed by atoms with E-state index in [1.54, 1.807) is 46.9 Å². The van der Waals surface area contributed by atoms with Gasteiger partial charge < -0.3 is 28.7 Å². The molecule has 14 nitrogen and oxygen atoms in total. The van der Waals surface area contributed by atoms with Crippen molar-refractivity contribution < 1.29 is 35.8 Å². The summed E-state index contributed by atoms with van der Waals surface area (Å²) in [6.07, 6.45) is 2.63. The molecule has 2 fully saturated rings. The maximum Gasteiger partial charge on any atom is 0.243 e. The Labute approximate surface area is 391 Å². The smallest absolute Gasteiger partial charge is 0.243 e. The zero-order valence-corrected chi connectivity index (χ0v) is 40.9. The Balaban J connectivity index is 0.000000194. The van der Waals surface area contributed by atoms with Crippen LogP contribution in [0.5, 0.6) is 23.0 Å². The van der Waals surface area contributed by atoms with Crippen LogP contribution in [0.4, 0.5) is 10.3 Å². The average Bonchev–Trinajstić information content (AvgIpc) is 4.02. The van der Waals surface area contributed by atoms with Gasteiger partial charge in [0.1, 0.15) is 0 Å². The normalized spacial score (nSPS) is 15.0. The number of rotatable bonds is 15. The molecule has 346 valence electrons. The number of piperazine rings is 2. The lowest BCUT2D eigenvalue weighted by atomic mass is 10.1. The van der Waals surface area contributed by atoms with Crippen LogP contribution in [0.25, 0.3) is 0 Å². The second kappa shape index (κ2) is 21.4. The maximum atomic E-state index is 13.1. The molecular weight excluding hydrogens is 905 g/mol. The van der Waals surface area contributed by atoms with E-state index < -0.39 is 20.0 Å². The molecule has 0 bridgehead atoms. The van der Waals surface area contributed by atoms with Gasteiger partial charge in [0.2, 0.25) is 20.0 Å². The van der Waals surface area contributed by atoms with Crippen LogP contribution < -0.4 is 28.7 Å². The number of sulfonamides is 2. The standard InChI is InChI=1S/C24H29N3O4S2.C23H27N3O4S2/c1-4-18-5-7-19(8-6-18)15-20-17-32-24(25-20)26-11-13-27(14-12-26)33(28,29)21-9-10-22(30-2)23(16-21)31-3;1-17-4-6-18(7-5-17)14-19-16-31-23(24-19)25-10-12-26(13-11-25)32(27,28)20-8-9-21(29-2)22(15-20)30-3/h5-10,16-17H,4,11-15H2,1-3H3;4-9,15-16H,10-14H2,1-3H3. The molecule has 0 saturated carbocycles. The zero-order valence-electron chi connectivity index (χ0n) is 37.6. The van der Waals surface area contributed by atoms with Crippen LogP contribution in [0.2, 0.25) is 0 Å². The van der Waals surface area contributed by atoms with E-state index in [-0.39, 0.29) is 9.79 Å². The molecule has 18 heteroatoms. The lowest BCUT2D eigenvalue weighted by Gasteiger charge is -2.33. The lowest BCUT2D eigenvalue weighted by Crippen LogP contribution is -2.48. The number of anilines is 2. The van der Waals surface area contributed by atoms with Gasteiger partial charge in [-0.05, 0) is 54.3 Å². The molecular formula is C47H56N6O8S4. The van der Waals surface area contributed by atoms with E-state index in [4.69, 9.17) is 28.9 Å². The molecule has 4 heterocycles. The van der Waals surface area contributed by atoms with Gasteiger partial charge in [-0.25, -0.2) is 26.8 Å². The monoisotopic (exact) mass is 960 g/mol. The van der Waals surface area contributed by atoms with Gasteiger partial charge >= 0.3 is 0 Å². The van der Waals surface area contributed by atoms with E-state index in [1.807, 2.05) is 0 Å². The highest BCUT2D eigenvalue weighted by Gasteiger charge is 2.32. The van der Waals surface area contributed by atoms with Crippen LogP contribution in [0.1, 0.15) is 40.6 Å². The molecule has 2 aromatic heterocycles. The molecule has 0 N–H and O–H groups in total. The molecule has 8 rings (SSSR count). The van der Waals surface area contributed by atoms with Crippen molar-refractivity contribution in [1.29, 1.82) is 0 Å². The first-order valence-electron chi connectivity index (χ1n) is 21.3. The minimum absolute atomic E-state index is 0.207. The predicted octanol–water partition coefficient (Wildman–Crippen LogP) is 7.39. The zero-order chi connectivity index (χ0) is 46.1. The Morgan fingerprint density at radius 1 is 0.508 bits per heavy atom. The van der Waals surface area contributed by atoms with Gasteiger partial charge in [-0.15, -0.1) is 22.7 Å². The van der Waals surface area contributed by atoms with Crippen LogP contribution in [0.3, 0.4) is 0 Å². The largest absolute Gasteiger partial charge is 0.493 e. The molecule has 0 aliphatic carbocycles. The predicted molar refractivity (Wildman–Crippen MR) is 258 cm³/mol. The van der Waals surface area contributed by atoms with Gasteiger partial charge in [0.05, 0.1) is 49.6 Å². The quantitative estimate of drug-likeness (QED) is 0.101. The van der Waals surface area contributed by atoms with Gasteiger partial charge in [-0.3, -0.25) is 0 Å². The number of nitrogens with zero attached hydrogens (tertiary/aromatic N) is 6. The van der Waals surface area contributed by atoms with Crippen molar-refractivity contribution in [1.82, 2.24) is 18.6 Å². The highest BCUT2D eigenvalue weighted by atomic mass is 32.2. The summed E-state index contributed by atoms with van der Waals surface area (Å²) in [5, 5.41) is 6.06. The fourth-order valence-electron chi connectivity index (χ4n) is 7.55. The van der Waals surface area contributed by atoms with Gasteiger partial charge in [0.25, 0.3) is 0 Å². The third-order valence-corrected chi connectivity index (χ3v) is 17.1. The van der Waals surface area contributed by atoms with E-state index in [1.165, 1.54) is 71.4 Å². The van der Waals surface area contributed by atoms with Gasteiger partial charge in [0, 0.05) is 88.1 Å². The lowest BCUT2D eigenvalue weighted by molar-refractivity contribution is 0.353. The Hall–Kier alpha value is -5.24.